The Kier molecular flexibility index (Phi) is 10.1. The van der Waals surface area contributed by atoms with Crippen molar-refractivity contribution in [3.05, 3.63) is 30.3 Å². The first-order valence-corrected chi connectivity index (χ1v) is 2.13. The molecule has 0 saturated carbocycles. The van der Waals surface area contributed by atoms with Gasteiger partial charge in [-0.3, -0.25) is 0 Å². The fourth-order valence-electron chi connectivity index (χ4n) is 0.428. The second-order valence-electron chi connectivity index (χ2n) is 1.34. The molecule has 1 nitrogen and oxygen atoms in total. The van der Waals surface area contributed by atoms with E-state index < -0.39 is 0 Å². The number of hydrogen-bond acceptors (Lipinski definition) is 1. The van der Waals surface area contributed by atoms with Gasteiger partial charge in [0.2, 0.25) is 0 Å². The topological polar surface area (TPSA) is 20.2 Å². The van der Waals surface area contributed by atoms with E-state index in [1.165, 1.54) is 0 Å². The van der Waals surface area contributed by atoms with Crippen LogP contribution >= 0.6 is 0 Å². The molecular weight excluding hydrogens is 228 g/mol. The van der Waals surface area contributed by atoms with Gasteiger partial charge in [0, 0.05) is 17.4 Å². The molecule has 0 fully saturated rings. The molecule has 0 aliphatic carbocycles. The summed E-state index contributed by atoms with van der Waals surface area (Å²) in [5.41, 5.74) is 0. The molecule has 1 rings (SSSR count). The third-order valence-corrected chi connectivity index (χ3v) is 0.756. The summed E-state index contributed by atoms with van der Waals surface area (Å²) < 4.78 is 0. The Labute approximate surface area is 102 Å². The Morgan fingerprint density at radius 3 is 1.67 bits per heavy atom. The van der Waals surface area contributed by atoms with Gasteiger partial charge in [-0.15, -0.1) is 0 Å². The molecule has 0 unspecified atom stereocenters. The van der Waals surface area contributed by atoms with Crippen LogP contribution in [0.5, 0.6) is 5.75 Å². The Hall–Kier alpha value is 1.03. The quantitative estimate of drug-likeness (QED) is 0.649. The maximum atomic E-state index is 8.63. The van der Waals surface area contributed by atoms with Crippen molar-refractivity contribution in [2.75, 3.05) is 0 Å². The van der Waals surface area contributed by atoms with Gasteiger partial charge in [0.05, 0.1) is 0 Å². The minimum absolute atomic E-state index is 0. The number of phenolic OH excluding ortho intramolecular Hbond substituents is 1. The van der Waals surface area contributed by atoms with Crippen molar-refractivity contribution in [3.63, 3.8) is 0 Å². The van der Waals surface area contributed by atoms with Crippen molar-refractivity contribution in [3.8, 4) is 5.75 Å². The predicted molar refractivity (Wildman–Crippen MR) is 36.7 cm³/mol. The maximum absolute atomic E-state index is 8.63. The van der Waals surface area contributed by atoms with Crippen molar-refractivity contribution < 1.29 is 22.5 Å². The zero-order chi connectivity index (χ0) is 5.11. The summed E-state index contributed by atoms with van der Waals surface area (Å²) >= 11 is 0. The monoisotopic (exact) mass is 236 g/mol. The zero-order valence-electron chi connectivity index (χ0n) is 4.24. The second kappa shape index (κ2) is 7.14. The second-order valence-corrected chi connectivity index (χ2v) is 1.34. The Morgan fingerprint density at radius 2 is 1.44 bits per heavy atom. The van der Waals surface area contributed by atoms with Crippen molar-refractivity contribution in [1.82, 2.24) is 0 Å². The first kappa shape index (κ1) is 12.7. The standard InChI is InChI=1S/C6H6O.Cr.Sr.2H/c7-6-4-2-1-3-5-6;;;;/h1-5,7H;;;;. The van der Waals surface area contributed by atoms with E-state index in [1.54, 1.807) is 24.3 Å². The molecule has 0 bridgehead atoms. The molecule has 0 spiro atoms. The Balaban J connectivity index is 0. The molecule has 1 aromatic carbocycles. The summed E-state index contributed by atoms with van der Waals surface area (Å²) in [6.07, 6.45) is 0. The van der Waals surface area contributed by atoms with Gasteiger partial charge >= 0.3 is 45.5 Å². The molecule has 0 amide bonds. The van der Waals surface area contributed by atoms with Gasteiger partial charge in [-0.1, -0.05) is 18.2 Å². The summed E-state index contributed by atoms with van der Waals surface area (Å²) in [5.74, 6) is 0.322. The zero-order valence-corrected chi connectivity index (χ0v) is 5.52. The fraction of sp³-hybridized carbons (Fsp3) is 0. The van der Waals surface area contributed by atoms with Crippen molar-refractivity contribution in [2.24, 2.45) is 0 Å². The van der Waals surface area contributed by atoms with E-state index in [2.05, 4.69) is 0 Å². The molecule has 0 aliphatic heterocycles. The molecule has 0 aliphatic rings. The van der Waals surface area contributed by atoms with Crippen LogP contribution in [0.3, 0.4) is 0 Å². The van der Waals surface area contributed by atoms with Gasteiger partial charge in [-0.25, -0.2) is 0 Å². The molecule has 0 atom stereocenters. The van der Waals surface area contributed by atoms with Gasteiger partial charge < -0.3 is 5.11 Å². The third-order valence-electron chi connectivity index (χ3n) is 0.756. The summed E-state index contributed by atoms with van der Waals surface area (Å²) in [5, 5.41) is 8.63. The Bertz CT molecular complexity index is 143. The van der Waals surface area contributed by atoms with E-state index in [9.17, 15) is 0 Å². The van der Waals surface area contributed by atoms with E-state index in [1.807, 2.05) is 6.07 Å². The van der Waals surface area contributed by atoms with Crippen LogP contribution in [0.2, 0.25) is 0 Å². The molecular formula is C6H8CrOSr. The fourth-order valence-corrected chi connectivity index (χ4v) is 0.428. The van der Waals surface area contributed by atoms with Crippen LogP contribution in [0, 0.1) is 0 Å². The van der Waals surface area contributed by atoms with Gasteiger partial charge in [-0.05, 0) is 12.1 Å². The van der Waals surface area contributed by atoms with E-state index in [0.29, 0.717) is 5.75 Å². The first-order chi connectivity index (χ1) is 3.39. The molecule has 1 aromatic rings. The molecule has 0 radical (unpaired) electrons. The number of phenols is 1. The molecule has 1 N–H and O–H groups in total. The Morgan fingerprint density at radius 1 is 1.00 bits per heavy atom. The van der Waals surface area contributed by atoms with Gasteiger partial charge in [0.15, 0.2) is 0 Å². The normalized spacial score (nSPS) is 6.67. The number of para-hydroxylation sites is 1. The van der Waals surface area contributed by atoms with Crippen molar-refractivity contribution >= 4 is 45.5 Å². The molecule has 9 heavy (non-hydrogen) atoms. The minimum atomic E-state index is 0. The van der Waals surface area contributed by atoms with Crippen LogP contribution in [0.15, 0.2) is 30.3 Å². The van der Waals surface area contributed by atoms with Gasteiger partial charge in [-0.2, -0.15) is 0 Å². The van der Waals surface area contributed by atoms with Gasteiger partial charge in [0.25, 0.3) is 0 Å². The van der Waals surface area contributed by atoms with Crippen molar-refractivity contribution in [2.45, 2.75) is 0 Å². The molecule has 0 heterocycles. The van der Waals surface area contributed by atoms with E-state index >= 15 is 0 Å². The first-order valence-electron chi connectivity index (χ1n) is 2.13. The summed E-state index contributed by atoms with van der Waals surface area (Å²) in [6, 6.07) is 8.71. The average molecular weight is 236 g/mol. The summed E-state index contributed by atoms with van der Waals surface area (Å²) in [4.78, 5) is 0. The van der Waals surface area contributed by atoms with Crippen LogP contribution in [0.25, 0.3) is 0 Å². The molecule has 3 heteroatoms. The molecule has 0 aromatic heterocycles. The van der Waals surface area contributed by atoms with Crippen LogP contribution in [-0.4, -0.2) is 50.6 Å². The molecule has 46 valence electrons. The van der Waals surface area contributed by atoms with Crippen LogP contribution in [0.1, 0.15) is 0 Å². The van der Waals surface area contributed by atoms with Crippen LogP contribution in [0.4, 0.5) is 0 Å². The van der Waals surface area contributed by atoms with Crippen LogP contribution < -0.4 is 0 Å². The SMILES string of the molecule is Oc1ccccc1.[Cr].[SrH2]. The predicted octanol–water partition coefficient (Wildman–Crippen LogP) is 0.473. The number of hydrogen-bond donors (Lipinski definition) is 1. The average Bonchev–Trinajstić information content (AvgIpc) is 1.69. The summed E-state index contributed by atoms with van der Waals surface area (Å²) in [6.45, 7) is 0. The number of rotatable bonds is 0. The molecule has 0 saturated heterocycles. The van der Waals surface area contributed by atoms with E-state index in [4.69, 9.17) is 5.11 Å². The van der Waals surface area contributed by atoms with Crippen molar-refractivity contribution in [1.29, 1.82) is 0 Å². The number of aromatic hydroxyl groups is 1. The van der Waals surface area contributed by atoms with Crippen LogP contribution in [-0.2, 0) is 17.4 Å². The van der Waals surface area contributed by atoms with Gasteiger partial charge in [0.1, 0.15) is 5.75 Å². The third kappa shape index (κ3) is 5.48. The van der Waals surface area contributed by atoms with E-state index in [0.717, 1.165) is 0 Å². The number of benzene rings is 1. The van der Waals surface area contributed by atoms with E-state index in [-0.39, 0.29) is 62.8 Å². The summed E-state index contributed by atoms with van der Waals surface area (Å²) in [7, 11) is 0.